The van der Waals surface area contributed by atoms with Crippen LogP contribution < -0.4 is 5.56 Å². The lowest BCUT2D eigenvalue weighted by Gasteiger charge is -2.36. The van der Waals surface area contributed by atoms with E-state index in [2.05, 4.69) is 10.1 Å². The second-order valence-electron chi connectivity index (χ2n) is 9.17. The van der Waals surface area contributed by atoms with E-state index in [-0.39, 0.29) is 23.9 Å². The number of pyridine rings is 1. The predicted octanol–water partition coefficient (Wildman–Crippen LogP) is 1.60. The zero-order valence-electron chi connectivity index (χ0n) is 18.8. The molecule has 172 valence electrons. The Morgan fingerprint density at radius 1 is 1.06 bits per heavy atom. The van der Waals surface area contributed by atoms with Gasteiger partial charge in [0.1, 0.15) is 12.1 Å². The van der Waals surface area contributed by atoms with Crippen molar-refractivity contribution in [2.75, 3.05) is 26.2 Å². The number of aryl methyl sites for hydroxylation is 1. The molecule has 2 fully saturated rings. The van der Waals surface area contributed by atoms with Gasteiger partial charge in [0, 0.05) is 50.8 Å². The highest BCUT2D eigenvalue weighted by Gasteiger charge is 2.36. The van der Waals surface area contributed by atoms with Gasteiger partial charge in [-0.2, -0.15) is 5.10 Å². The number of nitrogens with zero attached hydrogens (tertiary/aromatic N) is 6. The highest BCUT2D eigenvalue weighted by molar-refractivity contribution is 5.99. The van der Waals surface area contributed by atoms with Crippen LogP contribution in [-0.4, -0.2) is 67.0 Å². The lowest BCUT2D eigenvalue weighted by atomic mass is 9.85. The van der Waals surface area contributed by atoms with Crippen LogP contribution in [0.5, 0.6) is 0 Å². The molecule has 0 saturated carbocycles. The smallest absolute Gasteiger partial charge is 0.259 e. The number of piperidine rings is 1. The maximum absolute atomic E-state index is 13.2. The van der Waals surface area contributed by atoms with Crippen molar-refractivity contribution in [1.82, 2.24) is 29.0 Å². The van der Waals surface area contributed by atoms with Crippen molar-refractivity contribution in [2.45, 2.75) is 32.7 Å². The summed E-state index contributed by atoms with van der Waals surface area (Å²) < 4.78 is 3.10. The second kappa shape index (κ2) is 8.80. The molecule has 3 aromatic heterocycles. The maximum atomic E-state index is 13.2. The monoisotopic (exact) mass is 448 g/mol. The Balaban J connectivity index is 1.22. The van der Waals surface area contributed by atoms with Crippen LogP contribution in [0, 0.1) is 18.8 Å². The predicted molar refractivity (Wildman–Crippen MR) is 122 cm³/mol. The fourth-order valence-electron chi connectivity index (χ4n) is 5.10. The number of amides is 2. The standard InChI is InChI=1S/C24H28N6O3/c1-17-11-25-23-20(12-26-30(23)13-17)24(33)29-10-7-19(15-29)18-5-4-9-27(14-18)22(32)16-28-8-3-2-6-21(28)31/h2-3,6,8,11-13,18-19H,4-5,7,9-10,14-16H2,1H3. The van der Waals surface area contributed by atoms with Gasteiger partial charge < -0.3 is 14.4 Å². The van der Waals surface area contributed by atoms with Gasteiger partial charge in [-0.15, -0.1) is 0 Å². The Morgan fingerprint density at radius 3 is 2.73 bits per heavy atom. The van der Waals surface area contributed by atoms with Crippen molar-refractivity contribution < 1.29 is 9.59 Å². The first-order chi connectivity index (χ1) is 16.0. The first-order valence-corrected chi connectivity index (χ1v) is 11.5. The van der Waals surface area contributed by atoms with Crippen LogP contribution in [0.4, 0.5) is 0 Å². The zero-order valence-corrected chi connectivity index (χ0v) is 18.8. The first-order valence-electron chi connectivity index (χ1n) is 11.5. The molecule has 9 heteroatoms. The summed E-state index contributed by atoms with van der Waals surface area (Å²) in [6, 6.07) is 4.91. The Morgan fingerprint density at radius 2 is 1.88 bits per heavy atom. The molecular weight excluding hydrogens is 420 g/mol. The molecule has 0 spiro atoms. The Labute approximate surface area is 191 Å². The summed E-state index contributed by atoms with van der Waals surface area (Å²) >= 11 is 0. The average molecular weight is 449 g/mol. The van der Waals surface area contributed by atoms with Gasteiger partial charge in [0.25, 0.3) is 11.5 Å². The van der Waals surface area contributed by atoms with E-state index in [4.69, 9.17) is 0 Å². The molecule has 5 rings (SSSR count). The van der Waals surface area contributed by atoms with E-state index >= 15 is 0 Å². The van der Waals surface area contributed by atoms with Crippen LogP contribution in [0.1, 0.15) is 35.2 Å². The quantitative estimate of drug-likeness (QED) is 0.605. The molecule has 3 aromatic rings. The average Bonchev–Trinajstić information content (AvgIpc) is 3.47. The maximum Gasteiger partial charge on any atom is 0.259 e. The number of carbonyl (C=O) groups is 2. The number of aromatic nitrogens is 4. The van der Waals surface area contributed by atoms with Crippen LogP contribution in [0.3, 0.4) is 0 Å². The fourth-order valence-corrected chi connectivity index (χ4v) is 5.10. The minimum atomic E-state index is -0.165. The van der Waals surface area contributed by atoms with Crippen molar-refractivity contribution in [2.24, 2.45) is 11.8 Å². The van der Waals surface area contributed by atoms with Crippen molar-refractivity contribution in [3.8, 4) is 0 Å². The summed E-state index contributed by atoms with van der Waals surface area (Å²) in [7, 11) is 0. The first kappa shape index (κ1) is 21.4. The summed E-state index contributed by atoms with van der Waals surface area (Å²) in [4.78, 5) is 46.1. The van der Waals surface area contributed by atoms with Crippen molar-refractivity contribution in [3.05, 3.63) is 64.5 Å². The minimum Gasteiger partial charge on any atom is -0.341 e. The van der Waals surface area contributed by atoms with Gasteiger partial charge in [-0.25, -0.2) is 9.50 Å². The normalized spacial score (nSPS) is 21.0. The van der Waals surface area contributed by atoms with E-state index < -0.39 is 0 Å². The van der Waals surface area contributed by atoms with Crippen molar-refractivity contribution in [1.29, 1.82) is 0 Å². The molecule has 0 aliphatic carbocycles. The number of carbonyl (C=O) groups excluding carboxylic acids is 2. The molecular formula is C24H28N6O3. The van der Waals surface area contributed by atoms with Gasteiger partial charge in [0.05, 0.1) is 6.20 Å². The number of hydrogen-bond donors (Lipinski definition) is 0. The minimum absolute atomic E-state index is 0.0216. The molecule has 2 aliphatic rings. The lowest BCUT2D eigenvalue weighted by molar-refractivity contribution is -0.134. The van der Waals surface area contributed by atoms with E-state index in [9.17, 15) is 14.4 Å². The third-order valence-electron chi connectivity index (χ3n) is 6.91. The molecule has 5 heterocycles. The number of hydrogen-bond acceptors (Lipinski definition) is 5. The van der Waals surface area contributed by atoms with Gasteiger partial charge in [0.15, 0.2) is 5.65 Å². The summed E-state index contributed by atoms with van der Waals surface area (Å²) in [5.74, 6) is 0.668. The summed E-state index contributed by atoms with van der Waals surface area (Å²) in [5, 5.41) is 4.29. The molecule has 2 saturated heterocycles. The lowest BCUT2D eigenvalue weighted by Crippen LogP contribution is -2.44. The van der Waals surface area contributed by atoms with Crippen molar-refractivity contribution >= 4 is 17.5 Å². The van der Waals surface area contributed by atoms with Gasteiger partial charge in [-0.1, -0.05) is 6.07 Å². The molecule has 0 bridgehead atoms. The zero-order chi connectivity index (χ0) is 22.9. The van der Waals surface area contributed by atoms with Crippen LogP contribution in [0.25, 0.3) is 5.65 Å². The number of likely N-dealkylation sites (tertiary alicyclic amines) is 2. The molecule has 2 atom stereocenters. The third kappa shape index (κ3) is 4.27. The summed E-state index contributed by atoms with van der Waals surface area (Å²) in [5.41, 5.74) is 1.94. The topological polar surface area (TPSA) is 92.8 Å². The highest BCUT2D eigenvalue weighted by atomic mass is 16.2. The summed E-state index contributed by atoms with van der Waals surface area (Å²) in [6.45, 7) is 4.81. The van der Waals surface area contributed by atoms with E-state index in [0.717, 1.165) is 31.4 Å². The molecule has 0 N–H and O–H groups in total. The molecule has 2 unspecified atom stereocenters. The molecule has 2 amide bonds. The molecule has 9 nitrogen and oxygen atoms in total. The third-order valence-corrected chi connectivity index (χ3v) is 6.91. The molecule has 33 heavy (non-hydrogen) atoms. The van der Waals surface area contributed by atoms with Crippen LogP contribution >= 0.6 is 0 Å². The summed E-state index contributed by atoms with van der Waals surface area (Å²) in [6.07, 6.45) is 9.80. The van der Waals surface area contributed by atoms with Gasteiger partial charge >= 0.3 is 0 Å². The van der Waals surface area contributed by atoms with E-state index in [1.54, 1.807) is 35.2 Å². The van der Waals surface area contributed by atoms with Crippen LogP contribution in [-0.2, 0) is 11.3 Å². The second-order valence-corrected chi connectivity index (χ2v) is 9.17. The number of rotatable bonds is 4. The number of fused-ring (bicyclic) bond motifs is 1. The van der Waals surface area contributed by atoms with E-state index in [1.807, 2.05) is 22.9 Å². The fraction of sp³-hybridized carbons (Fsp3) is 0.458. The SMILES string of the molecule is Cc1cnc2c(C(=O)N3CCC(C4CCCN(C(=O)Cn5ccccc5=O)C4)C3)cnn2c1. The Bertz CT molecular complexity index is 1250. The van der Waals surface area contributed by atoms with E-state index in [0.29, 0.717) is 42.7 Å². The van der Waals surface area contributed by atoms with Crippen LogP contribution in [0.15, 0.2) is 47.8 Å². The van der Waals surface area contributed by atoms with Gasteiger partial charge in [-0.05, 0) is 49.7 Å². The van der Waals surface area contributed by atoms with Gasteiger partial charge in [-0.3, -0.25) is 14.4 Å². The molecule has 2 aliphatic heterocycles. The van der Waals surface area contributed by atoms with E-state index in [1.165, 1.54) is 10.6 Å². The Kier molecular flexibility index (Phi) is 5.70. The largest absolute Gasteiger partial charge is 0.341 e. The van der Waals surface area contributed by atoms with Crippen molar-refractivity contribution in [3.63, 3.8) is 0 Å². The van der Waals surface area contributed by atoms with Gasteiger partial charge in [0.2, 0.25) is 5.91 Å². The molecule has 0 aromatic carbocycles. The Hall–Kier alpha value is -3.49. The highest BCUT2D eigenvalue weighted by Crippen LogP contribution is 2.32. The molecule has 0 radical (unpaired) electrons. The van der Waals surface area contributed by atoms with Crippen LogP contribution in [0.2, 0.25) is 0 Å².